The standard InChI is InChI=1S/C11H10N2O2S/c14-11(15)13-5-7(6-13)10-12-8-3-1-2-4-9(8)16-10/h1-4,7H,5-6H2,(H,14,15). The van der Waals surface area contributed by atoms with Gasteiger partial charge in [-0.1, -0.05) is 12.1 Å². The Morgan fingerprint density at radius 2 is 2.19 bits per heavy atom. The summed E-state index contributed by atoms with van der Waals surface area (Å²) in [7, 11) is 0. The summed E-state index contributed by atoms with van der Waals surface area (Å²) in [6.07, 6.45) is -0.836. The summed E-state index contributed by atoms with van der Waals surface area (Å²) < 4.78 is 1.17. The summed E-state index contributed by atoms with van der Waals surface area (Å²) in [5.41, 5.74) is 1.01. The highest BCUT2D eigenvalue weighted by molar-refractivity contribution is 7.18. The first-order valence-corrected chi connectivity index (χ1v) is 5.89. The lowest BCUT2D eigenvalue weighted by Crippen LogP contribution is -2.47. The van der Waals surface area contributed by atoms with Crippen molar-refractivity contribution in [1.29, 1.82) is 0 Å². The summed E-state index contributed by atoms with van der Waals surface area (Å²) >= 11 is 1.66. The summed E-state index contributed by atoms with van der Waals surface area (Å²) in [5, 5.41) is 9.80. The van der Waals surface area contributed by atoms with E-state index in [1.54, 1.807) is 11.3 Å². The van der Waals surface area contributed by atoms with Gasteiger partial charge < -0.3 is 10.0 Å². The van der Waals surface area contributed by atoms with Crippen LogP contribution in [0.5, 0.6) is 0 Å². The summed E-state index contributed by atoms with van der Waals surface area (Å²) in [6, 6.07) is 8.00. The van der Waals surface area contributed by atoms with Gasteiger partial charge in [0.15, 0.2) is 0 Å². The van der Waals surface area contributed by atoms with Crippen molar-refractivity contribution in [3.05, 3.63) is 29.3 Å². The van der Waals surface area contributed by atoms with E-state index >= 15 is 0 Å². The zero-order valence-corrected chi connectivity index (χ0v) is 9.28. The summed E-state index contributed by atoms with van der Waals surface area (Å²) in [6.45, 7) is 1.16. The molecular formula is C11H10N2O2S. The third kappa shape index (κ3) is 1.44. The van der Waals surface area contributed by atoms with Crippen molar-refractivity contribution in [2.75, 3.05) is 13.1 Å². The van der Waals surface area contributed by atoms with Crippen LogP contribution in [0.1, 0.15) is 10.9 Å². The number of aromatic nitrogens is 1. The third-order valence-corrected chi connectivity index (χ3v) is 4.01. The second kappa shape index (κ2) is 3.45. The second-order valence-corrected chi connectivity index (χ2v) is 4.97. The monoisotopic (exact) mass is 234 g/mol. The minimum Gasteiger partial charge on any atom is -0.465 e. The molecule has 5 heteroatoms. The van der Waals surface area contributed by atoms with Crippen LogP contribution in [0, 0.1) is 0 Å². The van der Waals surface area contributed by atoms with Gasteiger partial charge in [-0.05, 0) is 12.1 Å². The molecule has 16 heavy (non-hydrogen) atoms. The molecule has 1 aliphatic heterocycles. The van der Waals surface area contributed by atoms with Gasteiger partial charge in [0, 0.05) is 19.0 Å². The predicted molar refractivity (Wildman–Crippen MR) is 62.0 cm³/mol. The van der Waals surface area contributed by atoms with E-state index in [-0.39, 0.29) is 5.92 Å². The van der Waals surface area contributed by atoms with Crippen molar-refractivity contribution in [2.45, 2.75) is 5.92 Å². The van der Waals surface area contributed by atoms with Crippen LogP contribution in [0.25, 0.3) is 10.2 Å². The van der Waals surface area contributed by atoms with Crippen LogP contribution in [-0.2, 0) is 0 Å². The van der Waals surface area contributed by atoms with Crippen molar-refractivity contribution in [3.63, 3.8) is 0 Å². The Kier molecular flexibility index (Phi) is 2.07. The first-order chi connectivity index (χ1) is 7.74. The Labute approximate surface area is 96.1 Å². The molecule has 0 unspecified atom stereocenters. The lowest BCUT2D eigenvalue weighted by atomic mass is 10.0. The molecule has 3 rings (SSSR count). The molecule has 0 bridgehead atoms. The Hall–Kier alpha value is -1.62. The van der Waals surface area contributed by atoms with Gasteiger partial charge in [-0.15, -0.1) is 11.3 Å². The SMILES string of the molecule is O=C(O)N1CC(c2nc3ccccc3s2)C1. The fourth-order valence-corrected chi connectivity index (χ4v) is 2.91. The van der Waals surface area contributed by atoms with E-state index in [0.717, 1.165) is 10.5 Å². The van der Waals surface area contributed by atoms with Crippen LogP contribution < -0.4 is 0 Å². The van der Waals surface area contributed by atoms with Gasteiger partial charge in [-0.3, -0.25) is 0 Å². The van der Waals surface area contributed by atoms with E-state index in [1.807, 2.05) is 24.3 Å². The van der Waals surface area contributed by atoms with Crippen LogP contribution in [-0.4, -0.2) is 34.2 Å². The lowest BCUT2D eigenvalue weighted by Gasteiger charge is -2.35. The van der Waals surface area contributed by atoms with Crippen LogP contribution in [0.4, 0.5) is 4.79 Å². The van der Waals surface area contributed by atoms with Gasteiger partial charge in [0.1, 0.15) is 5.01 Å². The number of rotatable bonds is 1. The smallest absolute Gasteiger partial charge is 0.407 e. The highest BCUT2D eigenvalue weighted by Crippen LogP contribution is 2.32. The highest BCUT2D eigenvalue weighted by Gasteiger charge is 2.33. The predicted octanol–water partition coefficient (Wildman–Crippen LogP) is 2.37. The number of likely N-dealkylation sites (tertiary alicyclic amines) is 1. The quantitative estimate of drug-likeness (QED) is 0.824. The summed E-state index contributed by atoms with van der Waals surface area (Å²) in [5.74, 6) is 0.286. The number of nitrogens with zero attached hydrogens (tertiary/aromatic N) is 2. The van der Waals surface area contributed by atoms with Crippen molar-refractivity contribution in [1.82, 2.24) is 9.88 Å². The number of fused-ring (bicyclic) bond motifs is 1. The van der Waals surface area contributed by atoms with Crippen LogP contribution >= 0.6 is 11.3 Å². The molecule has 1 aromatic heterocycles. The van der Waals surface area contributed by atoms with Crippen molar-refractivity contribution >= 4 is 27.6 Å². The topological polar surface area (TPSA) is 53.4 Å². The number of carboxylic acid groups (broad SMARTS) is 1. The number of hydrogen-bond donors (Lipinski definition) is 1. The Balaban J connectivity index is 1.83. The van der Waals surface area contributed by atoms with Gasteiger partial charge in [-0.25, -0.2) is 9.78 Å². The van der Waals surface area contributed by atoms with E-state index in [9.17, 15) is 4.79 Å². The van der Waals surface area contributed by atoms with E-state index in [0.29, 0.717) is 13.1 Å². The van der Waals surface area contributed by atoms with Crippen molar-refractivity contribution in [3.8, 4) is 0 Å². The maximum atomic E-state index is 10.6. The molecule has 2 aromatic rings. The molecule has 1 aromatic carbocycles. The normalized spacial score (nSPS) is 16.4. The van der Waals surface area contributed by atoms with Crippen LogP contribution in [0.2, 0.25) is 0 Å². The molecule has 0 aliphatic carbocycles. The number of benzene rings is 1. The van der Waals surface area contributed by atoms with Crippen molar-refractivity contribution < 1.29 is 9.90 Å². The molecule has 4 nitrogen and oxygen atoms in total. The minimum atomic E-state index is -0.836. The lowest BCUT2D eigenvalue weighted by molar-refractivity contribution is 0.105. The largest absolute Gasteiger partial charge is 0.465 e. The average Bonchev–Trinajstić information content (AvgIpc) is 2.57. The number of amides is 1. The van der Waals surface area contributed by atoms with E-state index in [1.165, 1.54) is 9.60 Å². The Morgan fingerprint density at radius 1 is 1.44 bits per heavy atom. The molecule has 1 saturated heterocycles. The zero-order valence-electron chi connectivity index (χ0n) is 8.46. The van der Waals surface area contributed by atoms with Gasteiger partial charge in [0.2, 0.25) is 0 Å². The van der Waals surface area contributed by atoms with E-state index in [2.05, 4.69) is 4.98 Å². The molecule has 1 fully saturated rings. The number of carbonyl (C=O) groups is 1. The number of thiazole rings is 1. The van der Waals surface area contributed by atoms with Gasteiger partial charge in [-0.2, -0.15) is 0 Å². The summed E-state index contributed by atoms with van der Waals surface area (Å²) in [4.78, 5) is 16.6. The molecule has 0 spiro atoms. The van der Waals surface area contributed by atoms with Gasteiger partial charge in [0.05, 0.1) is 10.2 Å². The second-order valence-electron chi connectivity index (χ2n) is 3.90. The third-order valence-electron chi connectivity index (χ3n) is 2.81. The molecule has 1 aliphatic rings. The average molecular weight is 234 g/mol. The minimum absolute atomic E-state index is 0.286. The number of para-hydroxylation sites is 1. The molecule has 82 valence electrons. The highest BCUT2D eigenvalue weighted by atomic mass is 32.1. The fourth-order valence-electron chi connectivity index (χ4n) is 1.86. The molecule has 0 atom stereocenters. The van der Waals surface area contributed by atoms with Gasteiger partial charge >= 0.3 is 6.09 Å². The first kappa shape index (κ1) is 9.59. The van der Waals surface area contributed by atoms with Crippen LogP contribution in [0.3, 0.4) is 0 Å². The molecule has 0 saturated carbocycles. The zero-order chi connectivity index (χ0) is 11.1. The molecule has 1 N–H and O–H groups in total. The molecular weight excluding hydrogens is 224 g/mol. The van der Waals surface area contributed by atoms with Crippen molar-refractivity contribution in [2.24, 2.45) is 0 Å². The van der Waals surface area contributed by atoms with Crippen LogP contribution in [0.15, 0.2) is 24.3 Å². The maximum Gasteiger partial charge on any atom is 0.407 e. The molecule has 0 radical (unpaired) electrons. The first-order valence-electron chi connectivity index (χ1n) is 5.07. The maximum absolute atomic E-state index is 10.6. The Morgan fingerprint density at radius 3 is 2.88 bits per heavy atom. The van der Waals surface area contributed by atoms with Gasteiger partial charge in [0.25, 0.3) is 0 Å². The van der Waals surface area contributed by atoms with E-state index < -0.39 is 6.09 Å². The van der Waals surface area contributed by atoms with E-state index in [4.69, 9.17) is 5.11 Å². The fraction of sp³-hybridized carbons (Fsp3) is 0.273. The Bertz CT molecular complexity index is 513. The number of hydrogen-bond acceptors (Lipinski definition) is 3. The molecule has 2 heterocycles. The molecule has 1 amide bonds.